The molecule has 5 atom stereocenters. The molecule has 1 saturated carbocycles. The fourth-order valence-electron chi connectivity index (χ4n) is 5.83. The van der Waals surface area contributed by atoms with E-state index in [-0.39, 0.29) is 28.8 Å². The molecule has 192 valence electrons. The fourth-order valence-corrected chi connectivity index (χ4v) is 5.83. The van der Waals surface area contributed by atoms with Gasteiger partial charge in [-0.25, -0.2) is 0 Å². The number of nitrogens with zero attached hydrogens (tertiary/aromatic N) is 3. The average Bonchev–Trinajstić information content (AvgIpc) is 2.75. The molecule has 6 N–H and O–H groups in total. The molecule has 0 bridgehead atoms. The molecule has 4 rings (SSSR count). The van der Waals surface area contributed by atoms with Crippen molar-refractivity contribution in [1.82, 2.24) is 4.90 Å². The second-order valence-corrected chi connectivity index (χ2v) is 9.65. The number of phenols is 1. The van der Waals surface area contributed by atoms with E-state index < -0.39 is 80.8 Å². The Bertz CT molecular complexity index is 1300. The summed E-state index contributed by atoms with van der Waals surface area (Å²) in [5, 5.41) is 55.6. The van der Waals surface area contributed by atoms with E-state index in [4.69, 9.17) is 5.73 Å². The third kappa shape index (κ3) is 3.27. The van der Waals surface area contributed by atoms with Crippen molar-refractivity contribution in [3.63, 3.8) is 0 Å². The second-order valence-electron chi connectivity index (χ2n) is 9.65. The first kappa shape index (κ1) is 25.1. The van der Waals surface area contributed by atoms with Crippen LogP contribution < -0.4 is 10.6 Å². The zero-order valence-electron chi connectivity index (χ0n) is 19.9. The van der Waals surface area contributed by atoms with Crippen molar-refractivity contribution < 1.29 is 39.7 Å². The molecule has 13 heteroatoms. The molecule has 36 heavy (non-hydrogen) atoms. The Kier molecular flexibility index (Phi) is 5.80. The van der Waals surface area contributed by atoms with Crippen molar-refractivity contribution in [2.75, 3.05) is 33.1 Å². The number of carbonyl (C=O) groups is 3. The maximum Gasteiger partial charge on any atom is 0.313 e. The van der Waals surface area contributed by atoms with E-state index in [1.807, 2.05) is 0 Å². The number of amides is 1. The van der Waals surface area contributed by atoms with Crippen LogP contribution in [0.25, 0.3) is 5.76 Å². The normalized spacial score (nSPS) is 27.6. The first-order chi connectivity index (χ1) is 16.7. The predicted octanol–water partition coefficient (Wildman–Crippen LogP) is -0.206. The first-order valence-corrected chi connectivity index (χ1v) is 11.0. The van der Waals surface area contributed by atoms with Crippen LogP contribution in [0.2, 0.25) is 0 Å². The highest BCUT2D eigenvalue weighted by Crippen LogP contribution is 2.53. The predicted molar refractivity (Wildman–Crippen MR) is 125 cm³/mol. The van der Waals surface area contributed by atoms with Gasteiger partial charge in [0.15, 0.2) is 11.6 Å². The Morgan fingerprint density at radius 1 is 1.14 bits per heavy atom. The van der Waals surface area contributed by atoms with E-state index in [0.29, 0.717) is 0 Å². The van der Waals surface area contributed by atoms with Crippen LogP contribution in [0.5, 0.6) is 5.75 Å². The van der Waals surface area contributed by atoms with Gasteiger partial charge in [-0.3, -0.25) is 29.4 Å². The summed E-state index contributed by atoms with van der Waals surface area (Å²) in [5.74, 6) is -9.46. The molecule has 13 nitrogen and oxygen atoms in total. The molecule has 5 unspecified atom stereocenters. The summed E-state index contributed by atoms with van der Waals surface area (Å²) >= 11 is 0. The Hall–Kier alpha value is -3.97. The van der Waals surface area contributed by atoms with E-state index in [0.717, 1.165) is 6.07 Å². The zero-order valence-corrected chi connectivity index (χ0v) is 19.9. The van der Waals surface area contributed by atoms with Gasteiger partial charge in [-0.15, -0.1) is 0 Å². The second kappa shape index (κ2) is 8.31. The third-order valence-electron chi connectivity index (χ3n) is 7.30. The van der Waals surface area contributed by atoms with Crippen molar-refractivity contribution in [2.24, 2.45) is 23.5 Å². The number of ketones is 2. The molecule has 0 aromatic heterocycles. The Morgan fingerprint density at radius 2 is 1.75 bits per heavy atom. The lowest BCUT2D eigenvalue weighted by atomic mass is 9.58. The van der Waals surface area contributed by atoms with Crippen LogP contribution in [0.4, 0.5) is 11.4 Å². The number of primary amides is 1. The maximum atomic E-state index is 13.7. The monoisotopic (exact) mass is 502 g/mol. The quantitative estimate of drug-likeness (QED) is 0.157. The summed E-state index contributed by atoms with van der Waals surface area (Å²) < 4.78 is 0. The molecule has 3 aliphatic carbocycles. The number of hydrogen-bond acceptors (Lipinski definition) is 11. The van der Waals surface area contributed by atoms with Gasteiger partial charge < -0.3 is 31.1 Å². The van der Waals surface area contributed by atoms with E-state index in [2.05, 4.69) is 0 Å². The molecule has 0 spiro atoms. The number of nitrogens with two attached hydrogens (primary N) is 1. The van der Waals surface area contributed by atoms with Gasteiger partial charge in [0, 0.05) is 43.3 Å². The topological polar surface area (TPSA) is 208 Å². The zero-order chi connectivity index (χ0) is 27.0. The summed E-state index contributed by atoms with van der Waals surface area (Å²) in [4.78, 5) is 52.6. The van der Waals surface area contributed by atoms with Gasteiger partial charge in [0.2, 0.25) is 5.75 Å². The minimum Gasteiger partial charge on any atom is -0.510 e. The van der Waals surface area contributed by atoms with Crippen LogP contribution in [0, 0.1) is 27.9 Å². The highest BCUT2D eigenvalue weighted by atomic mass is 16.6. The van der Waals surface area contributed by atoms with E-state index in [1.165, 1.54) is 23.9 Å². The largest absolute Gasteiger partial charge is 0.510 e. The van der Waals surface area contributed by atoms with Crippen molar-refractivity contribution in [3.05, 3.63) is 44.2 Å². The minimum absolute atomic E-state index is 0.106. The molecule has 0 aliphatic heterocycles. The number of hydrogen-bond donors (Lipinski definition) is 5. The smallest absolute Gasteiger partial charge is 0.313 e. The third-order valence-corrected chi connectivity index (χ3v) is 7.30. The van der Waals surface area contributed by atoms with E-state index in [1.54, 1.807) is 14.1 Å². The number of fused-ring (bicyclic) bond motifs is 3. The lowest BCUT2D eigenvalue weighted by Crippen LogP contribution is -2.61. The number of aliphatic hydroxyl groups is 3. The van der Waals surface area contributed by atoms with Gasteiger partial charge in [-0.05, 0) is 26.1 Å². The highest BCUT2D eigenvalue weighted by Gasteiger charge is 2.60. The molecule has 0 heterocycles. The number of anilines is 1. The summed E-state index contributed by atoms with van der Waals surface area (Å²) in [6.07, 6.45) is -1.57. The number of aromatic hydroxyl groups is 1. The molecular weight excluding hydrogens is 476 g/mol. The number of Topliss-reactive ketones (excluding diaryl/α,β-unsaturated/α-hetero) is 2. The molecule has 0 radical (unpaired) electrons. The Morgan fingerprint density at radius 3 is 2.25 bits per heavy atom. The molecule has 1 aromatic rings. The van der Waals surface area contributed by atoms with Crippen molar-refractivity contribution in [2.45, 2.75) is 18.6 Å². The van der Waals surface area contributed by atoms with Crippen molar-refractivity contribution >= 4 is 34.6 Å². The number of nitro groups is 1. The van der Waals surface area contributed by atoms with Crippen LogP contribution in [0.3, 0.4) is 0 Å². The molecule has 0 saturated heterocycles. The summed E-state index contributed by atoms with van der Waals surface area (Å²) in [6.45, 7) is 0. The number of rotatable bonds is 4. The minimum atomic E-state index is -1.66. The molecule has 1 fully saturated rings. The molecular formula is C23H26N4O9. The van der Waals surface area contributed by atoms with Gasteiger partial charge in [-0.2, -0.15) is 0 Å². The summed E-state index contributed by atoms with van der Waals surface area (Å²) in [7, 11) is 6.26. The number of carbonyl (C=O) groups excluding carboxylic acids is 3. The van der Waals surface area contributed by atoms with Gasteiger partial charge in [0.25, 0.3) is 5.91 Å². The van der Waals surface area contributed by atoms with Gasteiger partial charge in [-0.1, -0.05) is 0 Å². The van der Waals surface area contributed by atoms with E-state index in [9.17, 15) is 44.9 Å². The molecule has 3 aliphatic rings. The molecule has 1 amide bonds. The SMILES string of the molecule is CN(C)c1cc([N+](=O)[O-])c(O)c2c1CC1C(=C2O)C(=O)C2C(=O)C(C(N)=O)=C(O)C(N(C)C)C2C1O. The average molecular weight is 502 g/mol. The lowest BCUT2D eigenvalue weighted by molar-refractivity contribution is -0.385. The van der Waals surface area contributed by atoms with E-state index >= 15 is 0 Å². The fraction of sp³-hybridized carbons (Fsp3) is 0.435. The highest BCUT2D eigenvalue weighted by molar-refractivity contribution is 6.28. The number of aliphatic hydroxyl groups excluding tert-OH is 3. The van der Waals surface area contributed by atoms with Crippen LogP contribution in [-0.4, -0.2) is 88.1 Å². The van der Waals surface area contributed by atoms with Gasteiger partial charge in [0.05, 0.1) is 28.6 Å². The van der Waals surface area contributed by atoms with Gasteiger partial charge >= 0.3 is 5.69 Å². The van der Waals surface area contributed by atoms with Crippen molar-refractivity contribution in [3.8, 4) is 5.75 Å². The summed E-state index contributed by atoms with van der Waals surface area (Å²) in [5.41, 5.74) is 3.68. The lowest BCUT2D eigenvalue weighted by Gasteiger charge is -2.49. The molecule has 1 aromatic carbocycles. The van der Waals surface area contributed by atoms with Crippen LogP contribution in [0.1, 0.15) is 11.1 Å². The first-order valence-electron chi connectivity index (χ1n) is 11.0. The Labute approximate surface area is 204 Å². The Balaban J connectivity index is 2.01. The van der Waals surface area contributed by atoms with Crippen LogP contribution in [0.15, 0.2) is 23.0 Å². The van der Waals surface area contributed by atoms with Crippen LogP contribution in [-0.2, 0) is 20.8 Å². The van der Waals surface area contributed by atoms with Gasteiger partial charge in [0.1, 0.15) is 17.1 Å². The maximum absolute atomic E-state index is 13.7. The summed E-state index contributed by atoms with van der Waals surface area (Å²) in [6, 6.07) is 0.0186. The number of benzene rings is 1. The number of phenolic OH excluding ortho intramolecular Hbond substituents is 1. The standard InChI is InChI=1S/C23H26N4O9/c1-25(2)9-6-10(27(35)36)18(29)11-7(9)5-8-12(19(11)30)20(31)14-13(17(8)28)16(26(3)4)22(33)15(21(14)32)23(24)34/h6,8,13-14,16-17,28-30,33H,5H2,1-4H3,(H2,24,34). The van der Waals surface area contributed by atoms with Crippen LogP contribution >= 0.6 is 0 Å². The number of likely N-dealkylation sites (N-methyl/N-ethyl adjacent to an activating group) is 1. The van der Waals surface area contributed by atoms with Crippen molar-refractivity contribution in [1.29, 1.82) is 0 Å². The number of nitro benzene ring substituents is 1.